The molecule has 7 nitrogen and oxygen atoms in total. The number of benzene rings is 1. The largest absolute Gasteiger partial charge is 0.355 e. The van der Waals surface area contributed by atoms with Gasteiger partial charge in [0.1, 0.15) is 35.8 Å². The molecule has 0 saturated carbocycles. The van der Waals surface area contributed by atoms with Crippen LogP contribution in [-0.4, -0.2) is 50.0 Å². The molecule has 3 heterocycles. The molecule has 1 fully saturated rings. The molecule has 1 N–H and O–H groups in total. The van der Waals surface area contributed by atoms with Crippen molar-refractivity contribution in [2.75, 3.05) is 34.8 Å². The fraction of sp³-hybridized carbons (Fsp3) is 0.222. The van der Waals surface area contributed by atoms with Crippen LogP contribution in [0.25, 0.3) is 5.82 Å². The summed E-state index contributed by atoms with van der Waals surface area (Å²) in [6.45, 7) is 1.91. The summed E-state index contributed by atoms with van der Waals surface area (Å²) in [5.74, 6) is 2.95. The number of aromatic nitrogens is 4. The summed E-state index contributed by atoms with van der Waals surface area (Å²) in [5.41, 5.74) is 0.747. The summed E-state index contributed by atoms with van der Waals surface area (Å²) >= 11 is 1.94. The third-order valence-electron chi connectivity index (χ3n) is 4.16. The number of carbonyl (C=O) groups is 1. The Morgan fingerprint density at radius 1 is 1.07 bits per heavy atom. The van der Waals surface area contributed by atoms with Crippen molar-refractivity contribution in [2.45, 2.75) is 0 Å². The van der Waals surface area contributed by atoms with Gasteiger partial charge in [-0.15, -0.1) is 0 Å². The van der Waals surface area contributed by atoms with E-state index in [4.69, 9.17) is 0 Å². The van der Waals surface area contributed by atoms with Crippen LogP contribution in [0.5, 0.6) is 0 Å². The van der Waals surface area contributed by atoms with Crippen molar-refractivity contribution < 1.29 is 9.18 Å². The number of imidazole rings is 1. The van der Waals surface area contributed by atoms with Crippen LogP contribution in [0, 0.1) is 5.82 Å². The minimum absolute atomic E-state index is 0.244. The highest BCUT2D eigenvalue weighted by Gasteiger charge is 2.15. The highest BCUT2D eigenvalue weighted by molar-refractivity contribution is 7.99. The number of hydrogen-bond acceptors (Lipinski definition) is 6. The molecule has 1 aliphatic heterocycles. The van der Waals surface area contributed by atoms with Crippen LogP contribution >= 0.6 is 11.8 Å². The minimum Gasteiger partial charge on any atom is -0.355 e. The number of anilines is 2. The van der Waals surface area contributed by atoms with Gasteiger partial charge in [-0.1, -0.05) is 0 Å². The normalized spacial score (nSPS) is 14.2. The van der Waals surface area contributed by atoms with E-state index in [0.717, 1.165) is 30.4 Å². The van der Waals surface area contributed by atoms with Crippen molar-refractivity contribution in [3.8, 4) is 5.82 Å². The molecule has 0 aliphatic carbocycles. The van der Waals surface area contributed by atoms with Crippen molar-refractivity contribution in [3.05, 3.63) is 60.7 Å². The molecule has 0 unspecified atom stereocenters. The summed E-state index contributed by atoms with van der Waals surface area (Å²) in [5, 5.41) is 2.69. The maximum Gasteiger partial charge on any atom is 0.275 e. The predicted octanol–water partition coefficient (Wildman–Crippen LogP) is 2.61. The molecule has 1 aliphatic rings. The quantitative estimate of drug-likeness (QED) is 0.745. The summed E-state index contributed by atoms with van der Waals surface area (Å²) in [7, 11) is 0. The first-order valence-corrected chi connectivity index (χ1v) is 9.60. The zero-order valence-electron chi connectivity index (χ0n) is 14.4. The molecule has 138 valence electrons. The van der Waals surface area contributed by atoms with E-state index in [1.165, 1.54) is 36.9 Å². The summed E-state index contributed by atoms with van der Waals surface area (Å²) in [6.07, 6.45) is 4.67. The van der Waals surface area contributed by atoms with Gasteiger partial charge in [-0.25, -0.2) is 19.3 Å². The lowest BCUT2D eigenvalue weighted by Crippen LogP contribution is -2.33. The van der Waals surface area contributed by atoms with Crippen molar-refractivity contribution in [3.63, 3.8) is 0 Å². The molecule has 0 atom stereocenters. The van der Waals surface area contributed by atoms with Gasteiger partial charge < -0.3 is 10.2 Å². The van der Waals surface area contributed by atoms with E-state index in [2.05, 4.69) is 25.2 Å². The minimum atomic E-state index is -0.373. The van der Waals surface area contributed by atoms with E-state index in [1.807, 2.05) is 17.8 Å². The molecule has 0 spiro atoms. The number of thioether (sulfide) groups is 1. The van der Waals surface area contributed by atoms with E-state index in [-0.39, 0.29) is 17.4 Å². The van der Waals surface area contributed by atoms with E-state index in [1.54, 1.807) is 10.8 Å². The van der Waals surface area contributed by atoms with Gasteiger partial charge in [-0.3, -0.25) is 9.36 Å². The van der Waals surface area contributed by atoms with E-state index < -0.39 is 0 Å². The lowest BCUT2D eigenvalue weighted by atomic mass is 10.3. The second kappa shape index (κ2) is 7.75. The molecule has 2 aromatic heterocycles. The lowest BCUT2D eigenvalue weighted by molar-refractivity contribution is 0.102. The number of hydrogen-bond donors (Lipinski definition) is 1. The smallest absolute Gasteiger partial charge is 0.275 e. The van der Waals surface area contributed by atoms with Crippen molar-refractivity contribution in [1.29, 1.82) is 0 Å². The second-order valence-corrected chi connectivity index (χ2v) is 7.19. The van der Waals surface area contributed by atoms with E-state index in [9.17, 15) is 9.18 Å². The number of carbonyl (C=O) groups excluding carboxylic acids is 1. The molecule has 1 aromatic carbocycles. The molecule has 1 saturated heterocycles. The third kappa shape index (κ3) is 4.08. The highest BCUT2D eigenvalue weighted by Crippen LogP contribution is 2.19. The van der Waals surface area contributed by atoms with Crippen LogP contribution in [0.1, 0.15) is 10.5 Å². The zero-order valence-corrected chi connectivity index (χ0v) is 15.2. The summed E-state index contributed by atoms with van der Waals surface area (Å²) in [4.78, 5) is 27.3. The molecule has 4 rings (SSSR count). The van der Waals surface area contributed by atoms with Gasteiger partial charge in [0.25, 0.3) is 5.91 Å². The molecule has 9 heteroatoms. The molecule has 3 aromatic rings. The first-order chi connectivity index (χ1) is 13.2. The first kappa shape index (κ1) is 17.5. The Morgan fingerprint density at radius 2 is 1.81 bits per heavy atom. The van der Waals surface area contributed by atoms with Crippen LogP contribution in [0.15, 0.2) is 49.2 Å². The second-order valence-electron chi connectivity index (χ2n) is 5.96. The van der Waals surface area contributed by atoms with Gasteiger partial charge in [-0.05, 0) is 24.3 Å². The number of nitrogens with one attached hydrogen (secondary N) is 1. The van der Waals surface area contributed by atoms with Crippen LogP contribution in [0.2, 0.25) is 0 Å². The van der Waals surface area contributed by atoms with Gasteiger partial charge in [0.05, 0.1) is 0 Å². The van der Waals surface area contributed by atoms with Gasteiger partial charge in [0.15, 0.2) is 0 Å². The number of amides is 1. The fourth-order valence-electron chi connectivity index (χ4n) is 2.74. The Hall–Kier alpha value is -2.94. The van der Waals surface area contributed by atoms with E-state index >= 15 is 0 Å². The van der Waals surface area contributed by atoms with Crippen molar-refractivity contribution in [2.24, 2.45) is 0 Å². The molecular weight excluding hydrogens is 367 g/mol. The summed E-state index contributed by atoms with van der Waals surface area (Å²) < 4.78 is 14.6. The Kier molecular flexibility index (Phi) is 5.01. The maximum atomic E-state index is 13.0. The van der Waals surface area contributed by atoms with Crippen LogP contribution in [0.4, 0.5) is 15.9 Å². The fourth-order valence-corrected chi connectivity index (χ4v) is 3.64. The topological polar surface area (TPSA) is 75.9 Å². The average molecular weight is 384 g/mol. The molecule has 0 radical (unpaired) electrons. The van der Waals surface area contributed by atoms with Crippen LogP contribution in [-0.2, 0) is 0 Å². The van der Waals surface area contributed by atoms with Crippen molar-refractivity contribution >= 4 is 29.2 Å². The Balaban J connectivity index is 1.50. The Labute approximate surface area is 159 Å². The van der Waals surface area contributed by atoms with Crippen LogP contribution < -0.4 is 10.2 Å². The van der Waals surface area contributed by atoms with Crippen molar-refractivity contribution in [1.82, 2.24) is 19.5 Å². The first-order valence-electron chi connectivity index (χ1n) is 8.45. The number of halogens is 1. The third-order valence-corrected chi connectivity index (χ3v) is 5.10. The lowest BCUT2D eigenvalue weighted by Gasteiger charge is -2.27. The van der Waals surface area contributed by atoms with Gasteiger partial charge in [0.2, 0.25) is 0 Å². The summed E-state index contributed by atoms with van der Waals surface area (Å²) in [6, 6.07) is 7.46. The predicted molar refractivity (Wildman–Crippen MR) is 103 cm³/mol. The Morgan fingerprint density at radius 3 is 2.59 bits per heavy atom. The SMILES string of the molecule is O=C(Nc1ccc(F)cc1)c1cn(-c2cc(N3CCSCC3)ncn2)cn1. The van der Waals surface area contributed by atoms with Gasteiger partial charge >= 0.3 is 0 Å². The molecular formula is C18H17FN6OS. The molecule has 27 heavy (non-hydrogen) atoms. The maximum absolute atomic E-state index is 13.0. The van der Waals surface area contributed by atoms with Crippen LogP contribution in [0.3, 0.4) is 0 Å². The molecule has 1 amide bonds. The standard InChI is InChI=1S/C18H17FN6OS/c19-13-1-3-14(4-2-13)23-18(26)15-10-25(12-22-15)17-9-16(20-11-21-17)24-5-7-27-8-6-24/h1-4,9-12H,5-8H2,(H,23,26). The molecule has 0 bridgehead atoms. The van der Waals surface area contributed by atoms with E-state index in [0.29, 0.717) is 11.5 Å². The van der Waals surface area contributed by atoms with Gasteiger partial charge in [0, 0.05) is 42.5 Å². The highest BCUT2D eigenvalue weighted by atomic mass is 32.2. The zero-order chi connectivity index (χ0) is 18.6. The number of rotatable bonds is 4. The van der Waals surface area contributed by atoms with Gasteiger partial charge in [-0.2, -0.15) is 11.8 Å². The Bertz CT molecular complexity index is 939. The average Bonchev–Trinajstić information content (AvgIpc) is 3.21. The number of nitrogens with zero attached hydrogens (tertiary/aromatic N) is 5. The monoisotopic (exact) mass is 384 g/mol.